The van der Waals surface area contributed by atoms with Gasteiger partial charge in [-0.3, -0.25) is 0 Å². The van der Waals surface area contributed by atoms with E-state index < -0.39 is 0 Å². The molecule has 21 heavy (non-hydrogen) atoms. The first kappa shape index (κ1) is 15.3. The van der Waals surface area contributed by atoms with Crippen LogP contribution in [0.4, 0.5) is 17.5 Å². The quantitative estimate of drug-likeness (QED) is 0.855. The van der Waals surface area contributed by atoms with Crippen LogP contribution in [0.25, 0.3) is 0 Å². The van der Waals surface area contributed by atoms with Crippen molar-refractivity contribution in [3.8, 4) is 0 Å². The monoisotopic (exact) mass is 285 g/mol. The average Bonchev–Trinajstić information content (AvgIpc) is 2.43. The zero-order valence-corrected chi connectivity index (χ0v) is 13.1. The highest BCUT2D eigenvalue weighted by Gasteiger charge is 2.03. The van der Waals surface area contributed by atoms with E-state index in [1.807, 2.05) is 6.07 Å². The van der Waals surface area contributed by atoms with E-state index >= 15 is 0 Å². The molecule has 1 aromatic carbocycles. The predicted octanol–water partition coefficient (Wildman–Crippen LogP) is 2.81. The molecule has 0 aliphatic rings. The van der Waals surface area contributed by atoms with Crippen LogP contribution in [0.15, 0.2) is 30.5 Å². The summed E-state index contributed by atoms with van der Waals surface area (Å²) < 4.78 is 0. The summed E-state index contributed by atoms with van der Waals surface area (Å²) in [6.07, 6.45) is 1.76. The number of hydrogen-bond donors (Lipinski definition) is 2. The van der Waals surface area contributed by atoms with Crippen LogP contribution >= 0.6 is 0 Å². The van der Waals surface area contributed by atoms with Gasteiger partial charge in [0.2, 0.25) is 5.95 Å². The molecule has 0 unspecified atom stereocenters. The number of likely N-dealkylation sites (N-methyl/N-ethyl adjacent to an activating group) is 1. The minimum absolute atomic E-state index is 0.610. The molecular weight excluding hydrogens is 262 g/mol. The maximum atomic E-state index is 4.48. The highest BCUT2D eigenvalue weighted by atomic mass is 15.2. The molecule has 2 rings (SSSR count). The molecule has 0 bridgehead atoms. The summed E-state index contributed by atoms with van der Waals surface area (Å²) >= 11 is 0. The molecule has 1 heterocycles. The zero-order chi connectivity index (χ0) is 15.2. The molecular formula is C16H23N5. The number of nitrogens with zero attached hydrogens (tertiary/aromatic N) is 3. The molecule has 0 aliphatic heterocycles. The second kappa shape index (κ2) is 7.04. The normalized spacial score (nSPS) is 10.7. The molecule has 2 aromatic rings. The topological polar surface area (TPSA) is 53.1 Å². The van der Waals surface area contributed by atoms with E-state index in [-0.39, 0.29) is 0 Å². The van der Waals surface area contributed by atoms with E-state index in [2.05, 4.69) is 71.6 Å². The number of anilines is 3. The van der Waals surface area contributed by atoms with Crippen molar-refractivity contribution in [3.63, 3.8) is 0 Å². The molecule has 0 saturated heterocycles. The van der Waals surface area contributed by atoms with Gasteiger partial charge in [0.25, 0.3) is 0 Å². The highest BCUT2D eigenvalue weighted by Crippen LogP contribution is 2.20. The van der Waals surface area contributed by atoms with E-state index in [1.165, 1.54) is 11.1 Å². The van der Waals surface area contributed by atoms with Crippen molar-refractivity contribution < 1.29 is 0 Å². The summed E-state index contributed by atoms with van der Waals surface area (Å²) in [5.74, 6) is 1.44. The van der Waals surface area contributed by atoms with Crippen molar-refractivity contribution in [3.05, 3.63) is 41.6 Å². The van der Waals surface area contributed by atoms with Gasteiger partial charge in [-0.15, -0.1) is 0 Å². The van der Waals surface area contributed by atoms with E-state index in [4.69, 9.17) is 0 Å². The Kier molecular flexibility index (Phi) is 5.11. The van der Waals surface area contributed by atoms with Crippen molar-refractivity contribution in [1.82, 2.24) is 14.9 Å². The standard InChI is InChI=1S/C16H23N5/c1-12-5-6-13(2)14(11-12)19-16-18-8-7-15(20-16)17-9-10-21(3)4/h5-8,11H,9-10H2,1-4H3,(H2,17,18,19,20). The van der Waals surface area contributed by atoms with E-state index in [1.54, 1.807) is 6.20 Å². The lowest BCUT2D eigenvalue weighted by atomic mass is 10.1. The highest BCUT2D eigenvalue weighted by molar-refractivity contribution is 5.60. The Bertz CT molecular complexity index is 595. The number of benzene rings is 1. The van der Waals surface area contributed by atoms with Gasteiger partial charge in [-0.2, -0.15) is 4.98 Å². The largest absolute Gasteiger partial charge is 0.369 e. The lowest BCUT2D eigenvalue weighted by molar-refractivity contribution is 0.425. The summed E-state index contributed by atoms with van der Waals surface area (Å²) in [6.45, 7) is 5.96. The maximum Gasteiger partial charge on any atom is 0.229 e. The molecule has 0 amide bonds. The van der Waals surface area contributed by atoms with E-state index in [0.717, 1.165) is 24.6 Å². The Morgan fingerprint density at radius 2 is 1.95 bits per heavy atom. The average molecular weight is 285 g/mol. The van der Waals surface area contributed by atoms with Crippen LogP contribution in [-0.2, 0) is 0 Å². The molecule has 1 aromatic heterocycles. The van der Waals surface area contributed by atoms with Crippen LogP contribution in [-0.4, -0.2) is 42.1 Å². The van der Waals surface area contributed by atoms with Gasteiger partial charge in [0.05, 0.1) is 0 Å². The van der Waals surface area contributed by atoms with Gasteiger partial charge in [-0.05, 0) is 51.2 Å². The summed E-state index contributed by atoms with van der Waals surface area (Å²) in [6, 6.07) is 8.17. The van der Waals surface area contributed by atoms with Crippen molar-refractivity contribution in [1.29, 1.82) is 0 Å². The van der Waals surface area contributed by atoms with Crippen LogP contribution in [0, 0.1) is 13.8 Å². The van der Waals surface area contributed by atoms with Gasteiger partial charge >= 0.3 is 0 Å². The molecule has 0 atom stereocenters. The van der Waals surface area contributed by atoms with Crippen LogP contribution < -0.4 is 10.6 Å². The van der Waals surface area contributed by atoms with Crippen LogP contribution in [0.2, 0.25) is 0 Å². The van der Waals surface area contributed by atoms with Gasteiger partial charge in [0.15, 0.2) is 0 Å². The SMILES string of the molecule is Cc1ccc(C)c(Nc2nccc(NCCN(C)C)n2)c1. The molecule has 112 valence electrons. The van der Waals surface area contributed by atoms with Gasteiger partial charge in [0, 0.05) is 25.0 Å². The Balaban J connectivity index is 2.05. The lowest BCUT2D eigenvalue weighted by Gasteiger charge is -2.12. The third kappa shape index (κ3) is 4.72. The van der Waals surface area contributed by atoms with Crippen molar-refractivity contribution in [2.24, 2.45) is 0 Å². The van der Waals surface area contributed by atoms with Crippen molar-refractivity contribution in [2.75, 3.05) is 37.8 Å². The first-order valence-electron chi connectivity index (χ1n) is 7.10. The van der Waals surface area contributed by atoms with Crippen LogP contribution in [0.3, 0.4) is 0 Å². The fraction of sp³-hybridized carbons (Fsp3) is 0.375. The molecule has 5 nitrogen and oxygen atoms in total. The summed E-state index contributed by atoms with van der Waals surface area (Å²) in [5, 5.41) is 6.58. The minimum atomic E-state index is 0.610. The Morgan fingerprint density at radius 1 is 1.14 bits per heavy atom. The zero-order valence-electron chi connectivity index (χ0n) is 13.1. The fourth-order valence-electron chi connectivity index (χ4n) is 1.92. The fourth-order valence-corrected chi connectivity index (χ4v) is 1.92. The number of hydrogen-bond acceptors (Lipinski definition) is 5. The Labute approximate surface area is 126 Å². The lowest BCUT2D eigenvalue weighted by Crippen LogP contribution is -2.21. The first-order valence-corrected chi connectivity index (χ1v) is 7.10. The van der Waals surface area contributed by atoms with Crippen molar-refractivity contribution >= 4 is 17.5 Å². The van der Waals surface area contributed by atoms with Gasteiger partial charge in [0.1, 0.15) is 5.82 Å². The second-order valence-corrected chi connectivity index (χ2v) is 5.44. The van der Waals surface area contributed by atoms with Crippen molar-refractivity contribution in [2.45, 2.75) is 13.8 Å². The van der Waals surface area contributed by atoms with Crippen LogP contribution in [0.1, 0.15) is 11.1 Å². The number of aromatic nitrogens is 2. The van der Waals surface area contributed by atoms with E-state index in [0.29, 0.717) is 5.95 Å². The molecule has 2 N–H and O–H groups in total. The van der Waals surface area contributed by atoms with Gasteiger partial charge in [-0.1, -0.05) is 12.1 Å². The Hall–Kier alpha value is -2.14. The van der Waals surface area contributed by atoms with E-state index in [9.17, 15) is 0 Å². The van der Waals surface area contributed by atoms with Gasteiger partial charge < -0.3 is 15.5 Å². The third-order valence-corrected chi connectivity index (χ3v) is 3.16. The molecule has 0 radical (unpaired) electrons. The third-order valence-electron chi connectivity index (χ3n) is 3.16. The summed E-state index contributed by atoms with van der Waals surface area (Å²) in [5.41, 5.74) is 3.43. The molecule has 5 heteroatoms. The smallest absolute Gasteiger partial charge is 0.229 e. The molecule has 0 fully saturated rings. The number of rotatable bonds is 6. The summed E-state index contributed by atoms with van der Waals surface area (Å²) in [4.78, 5) is 10.9. The molecule has 0 spiro atoms. The molecule has 0 saturated carbocycles. The summed E-state index contributed by atoms with van der Waals surface area (Å²) in [7, 11) is 4.10. The number of nitrogens with one attached hydrogen (secondary N) is 2. The maximum absolute atomic E-state index is 4.48. The van der Waals surface area contributed by atoms with Gasteiger partial charge in [-0.25, -0.2) is 4.98 Å². The second-order valence-electron chi connectivity index (χ2n) is 5.44. The Morgan fingerprint density at radius 3 is 2.71 bits per heavy atom. The minimum Gasteiger partial charge on any atom is -0.369 e. The molecule has 0 aliphatic carbocycles. The first-order chi connectivity index (χ1) is 10.0. The predicted molar refractivity (Wildman–Crippen MR) is 88.3 cm³/mol. The number of aryl methyl sites for hydroxylation is 2. The van der Waals surface area contributed by atoms with Crippen LogP contribution in [0.5, 0.6) is 0 Å².